The molecule has 0 unspecified atom stereocenters. The van der Waals surface area contributed by atoms with Crippen molar-refractivity contribution in [1.82, 2.24) is 4.98 Å². The summed E-state index contributed by atoms with van der Waals surface area (Å²) in [6, 6.07) is 4.77. The summed E-state index contributed by atoms with van der Waals surface area (Å²) in [4.78, 5) is 5.04. The number of hydrogen-bond donors (Lipinski definition) is 0. The minimum Gasteiger partial charge on any atom is -0.258 e. The Morgan fingerprint density at radius 1 is 0.533 bits per heavy atom. The van der Waals surface area contributed by atoms with Gasteiger partial charge in [0.15, 0.2) is 0 Å². The normalized spacial score (nSPS) is 11.3. The van der Waals surface area contributed by atoms with E-state index in [-0.39, 0.29) is 0 Å². The maximum atomic E-state index is 5.04. The Labute approximate surface area is 189 Å². The Bertz CT molecular complexity index is 455. The molecule has 173 valence electrons. The molecule has 1 aromatic rings. The van der Waals surface area contributed by atoms with Crippen LogP contribution in [0.4, 0.5) is 0 Å². The molecule has 0 saturated heterocycles. The van der Waals surface area contributed by atoms with Crippen LogP contribution in [0, 0.1) is 6.92 Å². The van der Waals surface area contributed by atoms with Crippen LogP contribution in [0.2, 0.25) is 0 Å². The molecule has 1 heteroatoms. The largest absolute Gasteiger partial charge is 0.258 e. The first kappa shape index (κ1) is 27.2. The van der Waals surface area contributed by atoms with E-state index in [2.05, 4.69) is 32.9 Å². The molecule has 1 rings (SSSR count). The predicted molar refractivity (Wildman–Crippen MR) is 135 cm³/mol. The van der Waals surface area contributed by atoms with E-state index in [4.69, 9.17) is 4.98 Å². The van der Waals surface area contributed by atoms with Crippen molar-refractivity contribution in [2.75, 3.05) is 0 Å². The molecule has 1 aromatic heterocycles. The monoisotopic (exact) mass is 414 g/mol. The van der Waals surface area contributed by atoms with Crippen molar-refractivity contribution in [3.8, 4) is 0 Å². The van der Waals surface area contributed by atoms with E-state index in [1.165, 1.54) is 133 Å². The molecule has 1 radical (unpaired) electrons. The van der Waals surface area contributed by atoms with Crippen LogP contribution in [0.1, 0.15) is 146 Å². The van der Waals surface area contributed by atoms with Gasteiger partial charge in [-0.2, -0.15) is 0 Å². The second kappa shape index (κ2) is 20.1. The molecule has 0 N–H and O–H groups in total. The van der Waals surface area contributed by atoms with Gasteiger partial charge in [0.05, 0.1) is 0 Å². The van der Waals surface area contributed by atoms with E-state index in [9.17, 15) is 0 Å². The van der Waals surface area contributed by atoms with Crippen molar-refractivity contribution in [3.63, 3.8) is 0 Å². The van der Waals surface area contributed by atoms with Gasteiger partial charge in [0, 0.05) is 11.4 Å². The molecule has 30 heavy (non-hydrogen) atoms. The summed E-state index contributed by atoms with van der Waals surface area (Å²) >= 11 is 0. The lowest BCUT2D eigenvalue weighted by Crippen LogP contribution is -2.00. The molecule has 0 aliphatic rings. The molecule has 0 amide bonds. The third-order valence-electron chi connectivity index (χ3n) is 6.28. The van der Waals surface area contributed by atoms with E-state index < -0.39 is 0 Å². The molecule has 0 aromatic carbocycles. The molecular formula is C29H52N. The zero-order chi connectivity index (χ0) is 21.7. The highest BCUT2D eigenvalue weighted by atomic mass is 14.7. The van der Waals surface area contributed by atoms with Gasteiger partial charge in [-0.1, -0.05) is 117 Å². The van der Waals surface area contributed by atoms with Gasteiger partial charge in [-0.3, -0.25) is 4.98 Å². The van der Waals surface area contributed by atoms with Gasteiger partial charge in [0.1, 0.15) is 0 Å². The quantitative estimate of drug-likeness (QED) is 0.182. The highest BCUT2D eigenvalue weighted by Crippen LogP contribution is 2.16. The fraction of sp³-hybridized carbons (Fsp3) is 0.793. The Hall–Kier alpha value is -0.850. The van der Waals surface area contributed by atoms with E-state index in [1.807, 2.05) is 0 Å². The van der Waals surface area contributed by atoms with Gasteiger partial charge in [-0.15, -0.1) is 0 Å². The maximum Gasteiger partial charge on any atom is 0.0409 e. The highest BCUT2D eigenvalue weighted by Gasteiger charge is 2.04. The second-order valence-electron chi connectivity index (χ2n) is 9.36. The number of hydrogen-bond acceptors (Lipinski definition) is 1. The summed E-state index contributed by atoms with van der Waals surface area (Å²) in [5, 5.41) is 0. The van der Waals surface area contributed by atoms with Crippen LogP contribution in [-0.4, -0.2) is 4.98 Å². The van der Waals surface area contributed by atoms with Gasteiger partial charge in [0.25, 0.3) is 0 Å². The Balaban J connectivity index is 2.34. The summed E-state index contributed by atoms with van der Waals surface area (Å²) in [6.07, 6.45) is 27.9. The van der Waals surface area contributed by atoms with E-state index in [0.29, 0.717) is 0 Å². The van der Waals surface area contributed by atoms with Gasteiger partial charge < -0.3 is 0 Å². The standard InChI is InChI=1S/C29H52N/c1-4-7-10-12-14-16-18-20-23-28-25-27(22-9-6-3)26-29(30-28)24-21-19-17-15-13-11-8-5-2/h25-26H,3-24H2,1-2H3. The summed E-state index contributed by atoms with van der Waals surface area (Å²) in [7, 11) is 0. The third kappa shape index (κ3) is 15.0. The van der Waals surface area contributed by atoms with Crippen LogP contribution in [0.15, 0.2) is 12.1 Å². The van der Waals surface area contributed by atoms with Crippen LogP contribution in [0.25, 0.3) is 0 Å². The third-order valence-corrected chi connectivity index (χ3v) is 6.28. The van der Waals surface area contributed by atoms with Crippen molar-refractivity contribution in [2.45, 2.75) is 149 Å². The first-order chi connectivity index (χ1) is 14.8. The van der Waals surface area contributed by atoms with Crippen molar-refractivity contribution in [1.29, 1.82) is 0 Å². The number of unbranched alkanes of at least 4 members (excludes halogenated alkanes) is 15. The second-order valence-corrected chi connectivity index (χ2v) is 9.36. The lowest BCUT2D eigenvalue weighted by Gasteiger charge is -2.10. The topological polar surface area (TPSA) is 12.9 Å². The van der Waals surface area contributed by atoms with Crippen molar-refractivity contribution in [2.24, 2.45) is 0 Å². The van der Waals surface area contributed by atoms with Gasteiger partial charge in [-0.25, -0.2) is 0 Å². The average Bonchev–Trinajstić information content (AvgIpc) is 2.76. The van der Waals surface area contributed by atoms with Gasteiger partial charge in [0.2, 0.25) is 0 Å². The van der Waals surface area contributed by atoms with Crippen LogP contribution in [0.5, 0.6) is 0 Å². The maximum absolute atomic E-state index is 5.04. The van der Waals surface area contributed by atoms with Crippen LogP contribution in [-0.2, 0) is 19.3 Å². The van der Waals surface area contributed by atoms with Crippen molar-refractivity contribution >= 4 is 0 Å². The minimum absolute atomic E-state index is 1.03. The summed E-state index contributed by atoms with van der Waals surface area (Å²) in [5.41, 5.74) is 4.19. The summed E-state index contributed by atoms with van der Waals surface area (Å²) < 4.78 is 0. The summed E-state index contributed by atoms with van der Waals surface area (Å²) in [6.45, 7) is 8.61. The molecule has 1 heterocycles. The molecule has 0 fully saturated rings. The first-order valence-corrected chi connectivity index (χ1v) is 13.6. The number of pyridine rings is 1. The van der Waals surface area contributed by atoms with Crippen molar-refractivity contribution in [3.05, 3.63) is 36.0 Å². The first-order valence-electron chi connectivity index (χ1n) is 13.6. The molecule has 0 spiro atoms. The Morgan fingerprint density at radius 2 is 0.933 bits per heavy atom. The number of nitrogens with zero attached hydrogens (tertiary/aromatic N) is 1. The van der Waals surface area contributed by atoms with E-state index >= 15 is 0 Å². The molecule has 0 aliphatic carbocycles. The average molecular weight is 415 g/mol. The lowest BCUT2D eigenvalue weighted by atomic mass is 10.0. The van der Waals surface area contributed by atoms with Gasteiger partial charge >= 0.3 is 0 Å². The number of aryl methyl sites for hydroxylation is 3. The highest BCUT2D eigenvalue weighted by molar-refractivity contribution is 5.22. The van der Waals surface area contributed by atoms with Crippen LogP contribution in [0.3, 0.4) is 0 Å². The smallest absolute Gasteiger partial charge is 0.0409 e. The van der Waals surface area contributed by atoms with E-state index in [1.54, 1.807) is 0 Å². The molecule has 0 aliphatic heterocycles. The molecular weight excluding hydrogens is 362 g/mol. The Kier molecular flexibility index (Phi) is 18.2. The van der Waals surface area contributed by atoms with Crippen molar-refractivity contribution < 1.29 is 0 Å². The van der Waals surface area contributed by atoms with Crippen LogP contribution < -0.4 is 0 Å². The molecule has 1 nitrogen and oxygen atoms in total. The lowest BCUT2D eigenvalue weighted by molar-refractivity contribution is 0.570. The fourth-order valence-electron chi connectivity index (χ4n) is 4.33. The van der Waals surface area contributed by atoms with Gasteiger partial charge in [-0.05, 0) is 56.2 Å². The molecule has 0 saturated carbocycles. The number of rotatable bonds is 21. The summed E-state index contributed by atoms with van der Waals surface area (Å²) in [5.74, 6) is 0. The molecule has 0 atom stereocenters. The zero-order valence-corrected chi connectivity index (χ0v) is 20.7. The Morgan fingerprint density at radius 3 is 1.33 bits per heavy atom. The minimum atomic E-state index is 1.03. The number of aromatic nitrogens is 1. The van der Waals surface area contributed by atoms with E-state index in [0.717, 1.165) is 19.3 Å². The molecule has 0 bridgehead atoms. The predicted octanol–water partition coefficient (Wildman–Crippen LogP) is 9.60. The SMILES string of the molecule is [CH2]CCCc1cc(CCCCCCCCCC)nc(CCCCCCCCCC)c1. The zero-order valence-electron chi connectivity index (χ0n) is 20.7. The van der Waals surface area contributed by atoms with Crippen LogP contribution >= 0.6 is 0 Å². The fourth-order valence-corrected chi connectivity index (χ4v) is 4.33.